The lowest BCUT2D eigenvalue weighted by molar-refractivity contribution is -0.119. The van der Waals surface area contributed by atoms with Gasteiger partial charge in [0.05, 0.1) is 28.2 Å². The Labute approximate surface area is 170 Å². The number of nitrogens with zero attached hydrogens (tertiary/aromatic N) is 2. The number of carbonyl (C=O) groups excluding carboxylic acids is 1. The molecule has 6 nitrogen and oxygen atoms in total. The summed E-state index contributed by atoms with van der Waals surface area (Å²) in [7, 11) is -3.65. The van der Waals surface area contributed by atoms with Crippen LogP contribution < -0.4 is 9.73 Å². The number of benzene rings is 2. The fourth-order valence-corrected chi connectivity index (χ4v) is 3.59. The van der Waals surface area contributed by atoms with E-state index in [4.69, 9.17) is 23.2 Å². The van der Waals surface area contributed by atoms with Gasteiger partial charge in [-0.25, -0.2) is 13.8 Å². The van der Waals surface area contributed by atoms with Crippen LogP contribution in [0.3, 0.4) is 0 Å². The molecular formula is C16H14BrCl2N3O3S. The molecule has 0 spiro atoms. The predicted molar refractivity (Wildman–Crippen MR) is 109 cm³/mol. The van der Waals surface area contributed by atoms with Crippen molar-refractivity contribution in [2.24, 2.45) is 5.10 Å². The van der Waals surface area contributed by atoms with Crippen LogP contribution in [0.15, 0.2) is 52.0 Å². The standard InChI is InChI=1S/C16H14BrCl2N3O3S/c1-26(24,25)22(12-7-5-11(17)6-8-12)10-16(23)21-20-9-13-14(18)3-2-4-15(13)19/h2-9H,10H2,1H3,(H,21,23)/b20-9-. The number of hydrogen-bond donors (Lipinski definition) is 1. The van der Waals surface area contributed by atoms with Crippen molar-refractivity contribution in [3.05, 3.63) is 62.5 Å². The molecule has 2 aromatic carbocycles. The van der Waals surface area contributed by atoms with E-state index < -0.39 is 22.5 Å². The third-order valence-corrected chi connectivity index (χ3v) is 5.51. The van der Waals surface area contributed by atoms with Crippen molar-refractivity contribution >= 4 is 67.0 Å². The number of hydrogen-bond acceptors (Lipinski definition) is 4. The molecule has 0 saturated heterocycles. The number of rotatable bonds is 6. The van der Waals surface area contributed by atoms with Crippen LogP contribution in [0.25, 0.3) is 0 Å². The first-order valence-corrected chi connectivity index (χ1v) is 10.6. The van der Waals surface area contributed by atoms with Crippen LogP contribution in [0.4, 0.5) is 5.69 Å². The zero-order valence-electron chi connectivity index (χ0n) is 13.5. The number of anilines is 1. The van der Waals surface area contributed by atoms with E-state index >= 15 is 0 Å². The summed E-state index contributed by atoms with van der Waals surface area (Å²) in [4.78, 5) is 12.1. The Bertz CT molecular complexity index is 914. The van der Waals surface area contributed by atoms with Gasteiger partial charge in [-0.1, -0.05) is 45.2 Å². The highest BCUT2D eigenvalue weighted by Crippen LogP contribution is 2.22. The zero-order chi connectivity index (χ0) is 19.3. The van der Waals surface area contributed by atoms with E-state index in [1.165, 1.54) is 6.21 Å². The second kappa shape index (κ2) is 8.85. The smallest absolute Gasteiger partial charge is 0.260 e. The summed E-state index contributed by atoms with van der Waals surface area (Å²) < 4.78 is 25.8. The maximum absolute atomic E-state index is 12.1. The van der Waals surface area contributed by atoms with Gasteiger partial charge in [0, 0.05) is 10.0 Å². The fourth-order valence-electron chi connectivity index (χ4n) is 1.98. The molecule has 1 N–H and O–H groups in total. The molecule has 0 aliphatic carbocycles. The minimum Gasteiger partial charge on any atom is -0.271 e. The summed E-state index contributed by atoms with van der Waals surface area (Å²) >= 11 is 15.3. The van der Waals surface area contributed by atoms with E-state index in [-0.39, 0.29) is 0 Å². The van der Waals surface area contributed by atoms with Crippen molar-refractivity contribution in [3.8, 4) is 0 Å². The topological polar surface area (TPSA) is 78.8 Å². The van der Waals surface area contributed by atoms with Crippen LogP contribution in [0.1, 0.15) is 5.56 Å². The molecule has 2 rings (SSSR count). The van der Waals surface area contributed by atoms with E-state index in [0.717, 1.165) is 15.0 Å². The van der Waals surface area contributed by atoms with E-state index in [1.807, 2.05) is 0 Å². The Balaban J connectivity index is 2.11. The number of sulfonamides is 1. The van der Waals surface area contributed by atoms with Crippen LogP contribution in [0, 0.1) is 0 Å². The second-order valence-corrected chi connectivity index (χ2v) is 8.81. The van der Waals surface area contributed by atoms with Gasteiger partial charge in [0.2, 0.25) is 10.0 Å². The van der Waals surface area contributed by atoms with Crippen molar-refractivity contribution in [3.63, 3.8) is 0 Å². The monoisotopic (exact) mass is 477 g/mol. The minimum atomic E-state index is -3.65. The van der Waals surface area contributed by atoms with E-state index in [1.54, 1.807) is 42.5 Å². The average molecular weight is 479 g/mol. The number of hydrazone groups is 1. The molecule has 0 heterocycles. The summed E-state index contributed by atoms with van der Waals surface area (Å²) in [6.07, 6.45) is 2.32. The minimum absolute atomic E-state index is 0.365. The highest BCUT2D eigenvalue weighted by Gasteiger charge is 2.20. The van der Waals surface area contributed by atoms with Crippen LogP contribution in [0.5, 0.6) is 0 Å². The largest absolute Gasteiger partial charge is 0.271 e. The second-order valence-electron chi connectivity index (χ2n) is 5.17. The van der Waals surface area contributed by atoms with Crippen molar-refractivity contribution in [1.29, 1.82) is 0 Å². The summed E-state index contributed by atoms with van der Waals surface area (Å²) in [5, 5.41) is 4.54. The third kappa shape index (κ3) is 5.70. The maximum atomic E-state index is 12.1. The van der Waals surface area contributed by atoms with Crippen molar-refractivity contribution in [1.82, 2.24) is 5.43 Å². The molecule has 138 valence electrons. The highest BCUT2D eigenvalue weighted by molar-refractivity contribution is 9.10. The van der Waals surface area contributed by atoms with Crippen molar-refractivity contribution < 1.29 is 13.2 Å². The van der Waals surface area contributed by atoms with Gasteiger partial charge in [-0.15, -0.1) is 0 Å². The summed E-state index contributed by atoms with van der Waals surface area (Å²) in [5.41, 5.74) is 3.08. The van der Waals surface area contributed by atoms with Gasteiger partial charge in [0.1, 0.15) is 6.54 Å². The first kappa shape index (κ1) is 20.7. The Kier molecular flexibility index (Phi) is 7.05. The van der Waals surface area contributed by atoms with Crippen LogP contribution in [-0.4, -0.2) is 33.3 Å². The van der Waals surface area contributed by atoms with Gasteiger partial charge in [-0.2, -0.15) is 5.10 Å². The number of nitrogens with one attached hydrogen (secondary N) is 1. The molecule has 0 radical (unpaired) electrons. The first-order valence-electron chi connectivity index (χ1n) is 7.17. The summed E-state index contributed by atoms with van der Waals surface area (Å²) in [5.74, 6) is -0.613. The van der Waals surface area contributed by atoms with Crippen molar-refractivity contribution in [2.75, 3.05) is 17.1 Å². The van der Waals surface area contributed by atoms with Gasteiger partial charge in [-0.3, -0.25) is 9.10 Å². The Morgan fingerprint density at radius 1 is 1.19 bits per heavy atom. The van der Waals surface area contributed by atoms with Gasteiger partial charge in [-0.05, 0) is 36.4 Å². The average Bonchev–Trinajstić information content (AvgIpc) is 2.55. The van der Waals surface area contributed by atoms with Crippen LogP contribution in [0.2, 0.25) is 10.0 Å². The number of halogens is 3. The highest BCUT2D eigenvalue weighted by atomic mass is 79.9. The molecule has 0 fully saturated rings. The van der Waals surface area contributed by atoms with Crippen LogP contribution >= 0.6 is 39.1 Å². The molecule has 0 saturated carbocycles. The zero-order valence-corrected chi connectivity index (χ0v) is 17.4. The molecule has 0 aromatic heterocycles. The van der Waals surface area contributed by atoms with Gasteiger partial charge < -0.3 is 0 Å². The molecule has 0 aliphatic rings. The lowest BCUT2D eigenvalue weighted by Crippen LogP contribution is -2.39. The van der Waals surface area contributed by atoms with Crippen molar-refractivity contribution in [2.45, 2.75) is 0 Å². The lowest BCUT2D eigenvalue weighted by Gasteiger charge is -2.21. The number of amides is 1. The van der Waals surface area contributed by atoms with E-state index in [9.17, 15) is 13.2 Å². The summed E-state index contributed by atoms with van der Waals surface area (Å²) in [6, 6.07) is 11.5. The number of carbonyl (C=O) groups is 1. The molecule has 1 amide bonds. The Hall–Kier alpha value is -1.61. The normalized spacial score (nSPS) is 11.5. The molecule has 0 aliphatic heterocycles. The molecule has 0 bridgehead atoms. The fraction of sp³-hybridized carbons (Fsp3) is 0.125. The van der Waals surface area contributed by atoms with E-state index in [2.05, 4.69) is 26.5 Å². The molecule has 0 atom stereocenters. The molecular weight excluding hydrogens is 465 g/mol. The van der Waals surface area contributed by atoms with Crippen LogP contribution in [-0.2, 0) is 14.8 Å². The first-order chi connectivity index (χ1) is 12.2. The van der Waals surface area contributed by atoms with E-state index in [0.29, 0.717) is 21.3 Å². The predicted octanol–water partition coefficient (Wildman–Crippen LogP) is 3.67. The lowest BCUT2D eigenvalue weighted by atomic mass is 10.2. The van der Waals surface area contributed by atoms with Gasteiger partial charge in [0.25, 0.3) is 5.91 Å². The van der Waals surface area contributed by atoms with Gasteiger partial charge in [0.15, 0.2) is 0 Å². The third-order valence-electron chi connectivity index (χ3n) is 3.18. The summed E-state index contributed by atoms with van der Waals surface area (Å²) in [6.45, 7) is -0.423. The quantitative estimate of drug-likeness (QED) is 0.508. The molecule has 10 heteroatoms. The Morgan fingerprint density at radius 2 is 1.77 bits per heavy atom. The molecule has 26 heavy (non-hydrogen) atoms. The molecule has 2 aromatic rings. The van der Waals surface area contributed by atoms with Gasteiger partial charge >= 0.3 is 0 Å². The molecule has 0 unspecified atom stereocenters. The SMILES string of the molecule is CS(=O)(=O)N(CC(=O)N/N=C\c1c(Cl)cccc1Cl)c1ccc(Br)cc1. The Morgan fingerprint density at radius 3 is 2.31 bits per heavy atom. The maximum Gasteiger partial charge on any atom is 0.260 e.